The molecule has 0 aliphatic heterocycles. The van der Waals surface area contributed by atoms with Gasteiger partial charge in [0.1, 0.15) is 6.33 Å². The summed E-state index contributed by atoms with van der Waals surface area (Å²) in [6, 6.07) is 4.21. The highest BCUT2D eigenvalue weighted by atomic mass is 32.2. The lowest BCUT2D eigenvalue weighted by Gasteiger charge is -2.10. The molecule has 1 amide bonds. The summed E-state index contributed by atoms with van der Waals surface area (Å²) in [5.41, 5.74) is 1.24. The van der Waals surface area contributed by atoms with Gasteiger partial charge in [-0.25, -0.2) is 18.2 Å². The van der Waals surface area contributed by atoms with Crippen molar-refractivity contribution in [2.45, 2.75) is 11.8 Å². The second kappa shape index (κ2) is 4.85. The average molecular weight is 279 g/mol. The van der Waals surface area contributed by atoms with Crippen molar-refractivity contribution in [3.05, 3.63) is 42.5 Å². The molecule has 2 aromatic rings. The molecule has 0 aliphatic rings. The second-order valence-electron chi connectivity index (χ2n) is 4.15. The lowest BCUT2D eigenvalue weighted by atomic mass is 10.2. The van der Waals surface area contributed by atoms with Crippen LogP contribution in [0.1, 0.15) is 5.56 Å². The monoisotopic (exact) mass is 279 g/mol. The Morgan fingerprint density at radius 2 is 2.11 bits per heavy atom. The summed E-state index contributed by atoms with van der Waals surface area (Å²) >= 11 is 0. The zero-order valence-corrected chi connectivity index (χ0v) is 11.3. The number of hydrogen-bond acceptors (Lipinski definition) is 4. The molecule has 0 bridgehead atoms. The lowest BCUT2D eigenvalue weighted by molar-refractivity contribution is 0.253. The van der Waals surface area contributed by atoms with E-state index in [1.54, 1.807) is 13.0 Å². The first-order chi connectivity index (χ1) is 8.88. The Labute approximate surface area is 111 Å². The molecular weight excluding hydrogens is 266 g/mol. The van der Waals surface area contributed by atoms with Crippen LogP contribution in [0.15, 0.2) is 41.8 Å². The van der Waals surface area contributed by atoms with Crippen LogP contribution in [0.25, 0.3) is 0 Å². The van der Waals surface area contributed by atoms with E-state index in [1.807, 2.05) is 0 Å². The van der Waals surface area contributed by atoms with E-state index in [1.165, 1.54) is 35.4 Å². The molecule has 0 unspecified atom stereocenters. The second-order valence-corrected chi connectivity index (χ2v) is 6.16. The van der Waals surface area contributed by atoms with Crippen molar-refractivity contribution in [2.75, 3.05) is 11.6 Å². The van der Waals surface area contributed by atoms with Gasteiger partial charge in [0.2, 0.25) is 0 Å². The summed E-state index contributed by atoms with van der Waals surface area (Å²) in [7, 11) is -3.30. The Kier molecular flexibility index (Phi) is 3.39. The van der Waals surface area contributed by atoms with Crippen LogP contribution in [-0.4, -0.2) is 30.3 Å². The average Bonchev–Trinajstić information content (AvgIpc) is 2.84. The van der Waals surface area contributed by atoms with Crippen LogP contribution in [0, 0.1) is 6.92 Å². The molecule has 0 saturated heterocycles. The Balaban J connectivity index is 2.32. The molecule has 0 fully saturated rings. The minimum absolute atomic E-state index is 0.166. The van der Waals surface area contributed by atoms with Gasteiger partial charge >= 0.3 is 6.03 Å². The largest absolute Gasteiger partial charge is 0.331 e. The molecule has 7 heteroatoms. The third-order valence-corrected chi connectivity index (χ3v) is 3.73. The third kappa shape index (κ3) is 3.00. The van der Waals surface area contributed by atoms with Crippen molar-refractivity contribution < 1.29 is 13.2 Å². The SMILES string of the molecule is Cc1ccc(S(C)(=O)=O)cc1NC(=O)n1ccnc1. The molecule has 6 nitrogen and oxygen atoms in total. The highest BCUT2D eigenvalue weighted by molar-refractivity contribution is 7.90. The molecule has 0 radical (unpaired) electrons. The quantitative estimate of drug-likeness (QED) is 0.906. The molecule has 1 heterocycles. The Bertz CT molecular complexity index is 706. The maximum absolute atomic E-state index is 11.9. The summed E-state index contributed by atoms with van der Waals surface area (Å²) in [6.45, 7) is 1.79. The van der Waals surface area contributed by atoms with Crippen LogP contribution in [0.2, 0.25) is 0 Å². The van der Waals surface area contributed by atoms with Crippen molar-refractivity contribution in [2.24, 2.45) is 0 Å². The number of carbonyl (C=O) groups is 1. The topological polar surface area (TPSA) is 81.1 Å². The highest BCUT2D eigenvalue weighted by Crippen LogP contribution is 2.20. The number of rotatable bonds is 2. The minimum atomic E-state index is -3.30. The first-order valence-corrected chi connectivity index (χ1v) is 7.37. The fourth-order valence-electron chi connectivity index (χ4n) is 1.53. The first kappa shape index (κ1) is 13.3. The smallest absolute Gasteiger partial charge is 0.307 e. The van der Waals surface area contributed by atoms with E-state index in [-0.39, 0.29) is 4.90 Å². The number of imidazole rings is 1. The van der Waals surface area contributed by atoms with Gasteiger partial charge in [0.25, 0.3) is 0 Å². The van der Waals surface area contributed by atoms with Crippen LogP contribution < -0.4 is 5.32 Å². The van der Waals surface area contributed by atoms with Gasteiger partial charge in [0.15, 0.2) is 9.84 Å². The number of nitrogens with one attached hydrogen (secondary N) is 1. The van der Waals surface area contributed by atoms with Crippen LogP contribution in [0.4, 0.5) is 10.5 Å². The van der Waals surface area contributed by atoms with Gasteiger partial charge < -0.3 is 5.32 Å². The fourth-order valence-corrected chi connectivity index (χ4v) is 2.17. The molecule has 100 valence electrons. The minimum Gasteiger partial charge on any atom is -0.307 e. The van der Waals surface area contributed by atoms with E-state index in [0.717, 1.165) is 11.8 Å². The number of nitrogens with zero attached hydrogens (tertiary/aromatic N) is 2. The number of amides is 1. The maximum Gasteiger partial charge on any atom is 0.331 e. The maximum atomic E-state index is 11.9. The van der Waals surface area contributed by atoms with Gasteiger partial charge in [-0.15, -0.1) is 0 Å². The molecule has 0 aliphatic carbocycles. The van der Waals surface area contributed by atoms with Crippen LogP contribution >= 0.6 is 0 Å². The number of aromatic nitrogens is 2. The number of carbonyl (C=O) groups excluding carboxylic acids is 1. The number of anilines is 1. The molecule has 0 spiro atoms. The Morgan fingerprint density at radius 3 is 2.68 bits per heavy atom. The lowest BCUT2D eigenvalue weighted by Crippen LogP contribution is -2.18. The van der Waals surface area contributed by atoms with Gasteiger partial charge in [-0.2, -0.15) is 0 Å². The molecule has 0 atom stereocenters. The normalized spacial score (nSPS) is 11.3. The Hall–Kier alpha value is -2.15. The van der Waals surface area contributed by atoms with Crippen molar-refractivity contribution in [3.63, 3.8) is 0 Å². The summed E-state index contributed by atoms with van der Waals surface area (Å²) in [5.74, 6) is 0. The number of hydrogen-bond donors (Lipinski definition) is 1. The number of benzene rings is 1. The molecule has 0 saturated carbocycles. The summed E-state index contributed by atoms with van der Waals surface area (Å²) in [4.78, 5) is 15.8. The highest BCUT2D eigenvalue weighted by Gasteiger charge is 2.11. The molecule has 1 aromatic heterocycles. The molecule has 19 heavy (non-hydrogen) atoms. The molecule has 2 rings (SSSR count). The summed E-state index contributed by atoms with van der Waals surface area (Å²) in [5, 5.41) is 2.64. The number of aryl methyl sites for hydroxylation is 1. The molecule has 1 N–H and O–H groups in total. The predicted octanol–water partition coefficient (Wildman–Crippen LogP) is 1.68. The van der Waals surface area contributed by atoms with Crippen molar-refractivity contribution >= 4 is 21.6 Å². The summed E-state index contributed by atoms with van der Waals surface area (Å²) in [6.07, 6.45) is 5.48. The van der Waals surface area contributed by atoms with E-state index in [0.29, 0.717) is 5.69 Å². The molecular formula is C12H13N3O3S. The van der Waals surface area contributed by atoms with E-state index in [4.69, 9.17) is 0 Å². The standard InChI is InChI=1S/C12H13N3O3S/c1-9-3-4-10(19(2,17)18)7-11(9)14-12(16)15-6-5-13-8-15/h3-8H,1-2H3,(H,14,16). The predicted molar refractivity (Wildman–Crippen MR) is 70.9 cm³/mol. The fraction of sp³-hybridized carbons (Fsp3) is 0.167. The van der Waals surface area contributed by atoms with Crippen molar-refractivity contribution in [1.82, 2.24) is 9.55 Å². The third-order valence-electron chi connectivity index (χ3n) is 2.62. The van der Waals surface area contributed by atoms with Gasteiger partial charge in [-0.3, -0.25) is 4.57 Å². The van der Waals surface area contributed by atoms with Crippen LogP contribution in [0.3, 0.4) is 0 Å². The van der Waals surface area contributed by atoms with E-state index < -0.39 is 15.9 Å². The van der Waals surface area contributed by atoms with Crippen molar-refractivity contribution in [1.29, 1.82) is 0 Å². The first-order valence-electron chi connectivity index (χ1n) is 5.48. The number of sulfone groups is 1. The van der Waals surface area contributed by atoms with E-state index >= 15 is 0 Å². The van der Waals surface area contributed by atoms with Gasteiger partial charge in [0, 0.05) is 24.3 Å². The van der Waals surface area contributed by atoms with Gasteiger partial charge in [0.05, 0.1) is 4.90 Å². The van der Waals surface area contributed by atoms with Crippen LogP contribution in [0.5, 0.6) is 0 Å². The van der Waals surface area contributed by atoms with Crippen LogP contribution in [-0.2, 0) is 9.84 Å². The van der Waals surface area contributed by atoms with E-state index in [9.17, 15) is 13.2 Å². The zero-order valence-electron chi connectivity index (χ0n) is 10.5. The van der Waals surface area contributed by atoms with Gasteiger partial charge in [-0.1, -0.05) is 6.07 Å². The summed E-state index contributed by atoms with van der Waals surface area (Å²) < 4.78 is 24.2. The zero-order chi connectivity index (χ0) is 14.0. The Morgan fingerprint density at radius 1 is 1.37 bits per heavy atom. The van der Waals surface area contributed by atoms with Crippen molar-refractivity contribution in [3.8, 4) is 0 Å². The van der Waals surface area contributed by atoms with Gasteiger partial charge in [-0.05, 0) is 24.6 Å². The molecule has 1 aromatic carbocycles. The van der Waals surface area contributed by atoms with E-state index in [2.05, 4.69) is 10.3 Å².